The van der Waals surface area contributed by atoms with E-state index in [1.807, 2.05) is 45.0 Å². The van der Waals surface area contributed by atoms with Crippen LogP contribution in [0.2, 0.25) is 10.0 Å². The molecule has 0 atom stereocenters. The van der Waals surface area contributed by atoms with Gasteiger partial charge >= 0.3 is 5.97 Å². The molecule has 0 aliphatic heterocycles. The molecule has 0 amide bonds. The first kappa shape index (κ1) is 25.6. The summed E-state index contributed by atoms with van der Waals surface area (Å²) >= 11 is 12.9. The van der Waals surface area contributed by atoms with Gasteiger partial charge < -0.3 is 19.1 Å². The van der Waals surface area contributed by atoms with E-state index in [1.54, 1.807) is 36.4 Å². The standard InChI is InChI=1S/C28H25Cl2NO5/c1-16(2)27-21(26(31-36-27)25-22(29)8-5-9-23(25)30)15-34-20-10-11-24(17(3)12-20)35-14-18-6-4-7-19(13-18)28(32)33/h4-13,16H,14-15H2,1-3H3,(H,32,33). The highest BCUT2D eigenvalue weighted by Crippen LogP contribution is 2.39. The predicted octanol–water partition coefficient (Wildman–Crippen LogP) is 7.94. The summed E-state index contributed by atoms with van der Waals surface area (Å²) in [6.07, 6.45) is 0. The molecule has 0 spiro atoms. The van der Waals surface area contributed by atoms with Gasteiger partial charge in [0.05, 0.1) is 21.2 Å². The van der Waals surface area contributed by atoms with Crippen LogP contribution in [0, 0.1) is 6.92 Å². The van der Waals surface area contributed by atoms with Gasteiger partial charge in [0.2, 0.25) is 0 Å². The highest BCUT2D eigenvalue weighted by molar-refractivity contribution is 6.39. The number of rotatable bonds is 9. The SMILES string of the molecule is Cc1cc(OCc2c(-c3c(Cl)cccc3Cl)noc2C(C)C)ccc1OCc1cccc(C(=O)O)c1. The third kappa shape index (κ3) is 5.66. The molecular weight excluding hydrogens is 501 g/mol. The summed E-state index contributed by atoms with van der Waals surface area (Å²) in [6, 6.07) is 17.5. The summed E-state index contributed by atoms with van der Waals surface area (Å²) in [6.45, 7) is 6.43. The van der Waals surface area contributed by atoms with Crippen LogP contribution in [0.15, 0.2) is 65.2 Å². The highest BCUT2D eigenvalue weighted by atomic mass is 35.5. The minimum Gasteiger partial charge on any atom is -0.489 e. The van der Waals surface area contributed by atoms with Crippen LogP contribution in [-0.4, -0.2) is 16.2 Å². The Hall–Kier alpha value is -3.48. The molecule has 0 aliphatic rings. The van der Waals surface area contributed by atoms with E-state index in [4.69, 9.17) is 42.3 Å². The van der Waals surface area contributed by atoms with E-state index < -0.39 is 5.97 Å². The second kappa shape index (κ2) is 11.1. The number of aromatic nitrogens is 1. The smallest absolute Gasteiger partial charge is 0.335 e. The van der Waals surface area contributed by atoms with Gasteiger partial charge in [-0.25, -0.2) is 4.79 Å². The number of halogens is 2. The number of carboxylic acid groups (broad SMARTS) is 1. The fourth-order valence-corrected chi connectivity index (χ4v) is 4.40. The van der Waals surface area contributed by atoms with Gasteiger partial charge in [-0.05, 0) is 60.5 Å². The Labute approximate surface area is 219 Å². The molecule has 8 heteroatoms. The van der Waals surface area contributed by atoms with Crippen molar-refractivity contribution in [3.05, 3.63) is 98.7 Å². The summed E-state index contributed by atoms with van der Waals surface area (Å²) in [5.41, 5.74) is 3.84. The number of hydrogen-bond donors (Lipinski definition) is 1. The predicted molar refractivity (Wildman–Crippen MR) is 139 cm³/mol. The molecular formula is C28H25Cl2NO5. The molecule has 36 heavy (non-hydrogen) atoms. The van der Waals surface area contributed by atoms with Crippen molar-refractivity contribution in [2.45, 2.75) is 39.9 Å². The van der Waals surface area contributed by atoms with E-state index in [2.05, 4.69) is 5.16 Å². The molecule has 0 bridgehead atoms. The molecule has 0 saturated heterocycles. The highest BCUT2D eigenvalue weighted by Gasteiger charge is 2.24. The Balaban J connectivity index is 1.50. The van der Waals surface area contributed by atoms with Crippen LogP contribution in [-0.2, 0) is 13.2 Å². The Morgan fingerprint density at radius 2 is 1.72 bits per heavy atom. The van der Waals surface area contributed by atoms with Crippen molar-refractivity contribution in [3.63, 3.8) is 0 Å². The van der Waals surface area contributed by atoms with Crippen molar-refractivity contribution in [1.82, 2.24) is 5.16 Å². The molecule has 0 fully saturated rings. The number of hydrogen-bond acceptors (Lipinski definition) is 5. The maximum absolute atomic E-state index is 11.2. The van der Waals surface area contributed by atoms with Gasteiger partial charge in [-0.3, -0.25) is 0 Å². The summed E-state index contributed by atoms with van der Waals surface area (Å²) in [5, 5.41) is 14.4. The van der Waals surface area contributed by atoms with Crippen LogP contribution in [0.4, 0.5) is 0 Å². The van der Waals surface area contributed by atoms with E-state index in [1.165, 1.54) is 0 Å². The summed E-state index contributed by atoms with van der Waals surface area (Å²) in [4.78, 5) is 11.2. The van der Waals surface area contributed by atoms with Crippen LogP contribution in [0.25, 0.3) is 11.3 Å². The normalized spacial score (nSPS) is 11.1. The number of nitrogens with zero attached hydrogens (tertiary/aromatic N) is 1. The molecule has 1 heterocycles. The largest absolute Gasteiger partial charge is 0.489 e. The molecule has 186 valence electrons. The van der Waals surface area contributed by atoms with Crippen molar-refractivity contribution in [2.75, 3.05) is 0 Å². The minimum absolute atomic E-state index is 0.0863. The molecule has 1 aromatic heterocycles. The minimum atomic E-state index is -0.969. The van der Waals surface area contributed by atoms with Gasteiger partial charge in [-0.15, -0.1) is 0 Å². The van der Waals surface area contributed by atoms with Crippen LogP contribution >= 0.6 is 23.2 Å². The summed E-state index contributed by atoms with van der Waals surface area (Å²) in [7, 11) is 0. The van der Waals surface area contributed by atoms with Gasteiger partial charge in [0.15, 0.2) is 0 Å². The number of aromatic carboxylic acids is 1. The lowest BCUT2D eigenvalue weighted by molar-refractivity contribution is 0.0696. The second-order valence-electron chi connectivity index (χ2n) is 8.64. The maximum atomic E-state index is 11.2. The van der Waals surface area contributed by atoms with Crippen molar-refractivity contribution >= 4 is 29.2 Å². The van der Waals surface area contributed by atoms with Gasteiger partial charge in [0, 0.05) is 11.5 Å². The molecule has 0 unspecified atom stereocenters. The molecule has 4 aromatic rings. The van der Waals surface area contributed by atoms with Crippen molar-refractivity contribution < 1.29 is 23.9 Å². The monoisotopic (exact) mass is 525 g/mol. The Bertz CT molecular complexity index is 1380. The average molecular weight is 526 g/mol. The lowest BCUT2D eigenvalue weighted by atomic mass is 10.0. The molecule has 6 nitrogen and oxygen atoms in total. The van der Waals surface area contributed by atoms with Crippen LogP contribution < -0.4 is 9.47 Å². The fraction of sp³-hybridized carbons (Fsp3) is 0.214. The maximum Gasteiger partial charge on any atom is 0.335 e. The lowest BCUT2D eigenvalue weighted by Crippen LogP contribution is -2.03. The quantitative estimate of drug-likeness (QED) is 0.239. The van der Waals surface area contributed by atoms with Crippen LogP contribution in [0.5, 0.6) is 11.5 Å². The number of carbonyl (C=O) groups is 1. The van der Waals surface area contributed by atoms with Gasteiger partial charge in [0.25, 0.3) is 0 Å². The van der Waals surface area contributed by atoms with Crippen LogP contribution in [0.3, 0.4) is 0 Å². The van der Waals surface area contributed by atoms with E-state index >= 15 is 0 Å². The molecule has 0 saturated carbocycles. The number of benzene rings is 3. The molecule has 4 rings (SSSR count). The first-order valence-corrected chi connectivity index (χ1v) is 12.1. The lowest BCUT2D eigenvalue weighted by Gasteiger charge is -2.13. The van der Waals surface area contributed by atoms with Crippen molar-refractivity contribution in [1.29, 1.82) is 0 Å². The Kier molecular flexibility index (Phi) is 7.87. The van der Waals surface area contributed by atoms with E-state index in [9.17, 15) is 4.79 Å². The third-order valence-electron chi connectivity index (χ3n) is 5.64. The Morgan fingerprint density at radius 1 is 1.00 bits per heavy atom. The van der Waals surface area contributed by atoms with E-state index in [-0.39, 0.29) is 24.7 Å². The zero-order valence-electron chi connectivity index (χ0n) is 20.0. The number of aryl methyl sites for hydroxylation is 1. The average Bonchev–Trinajstić information content (AvgIpc) is 3.26. The zero-order chi connectivity index (χ0) is 25.8. The summed E-state index contributed by atoms with van der Waals surface area (Å²) in [5.74, 6) is 1.16. The topological polar surface area (TPSA) is 81.8 Å². The van der Waals surface area contributed by atoms with E-state index in [0.717, 1.165) is 16.7 Å². The van der Waals surface area contributed by atoms with Crippen LogP contribution in [0.1, 0.15) is 52.6 Å². The molecule has 3 aromatic carbocycles. The fourth-order valence-electron chi connectivity index (χ4n) is 3.82. The molecule has 1 N–H and O–H groups in total. The summed E-state index contributed by atoms with van der Waals surface area (Å²) < 4.78 is 17.7. The number of ether oxygens (including phenoxy) is 2. The molecule has 0 radical (unpaired) electrons. The van der Waals surface area contributed by atoms with Crippen molar-refractivity contribution in [2.24, 2.45) is 0 Å². The van der Waals surface area contributed by atoms with Gasteiger partial charge in [-0.1, -0.05) is 60.4 Å². The first-order chi connectivity index (χ1) is 17.2. The molecule has 0 aliphatic carbocycles. The van der Waals surface area contributed by atoms with E-state index in [0.29, 0.717) is 38.6 Å². The second-order valence-corrected chi connectivity index (χ2v) is 9.45. The number of carboxylic acids is 1. The first-order valence-electron chi connectivity index (χ1n) is 11.4. The van der Waals surface area contributed by atoms with Gasteiger partial charge in [-0.2, -0.15) is 0 Å². The Morgan fingerprint density at radius 3 is 2.39 bits per heavy atom. The van der Waals surface area contributed by atoms with Crippen molar-refractivity contribution in [3.8, 4) is 22.8 Å². The third-order valence-corrected chi connectivity index (χ3v) is 6.27. The zero-order valence-corrected chi connectivity index (χ0v) is 21.6. The van der Waals surface area contributed by atoms with Gasteiger partial charge in [0.1, 0.15) is 36.2 Å².